The predicted molar refractivity (Wildman–Crippen MR) is 50.8 cm³/mol. The van der Waals surface area contributed by atoms with Gasteiger partial charge in [-0.2, -0.15) is 0 Å². The highest BCUT2D eigenvalue weighted by Crippen LogP contribution is 2.02. The first-order valence-corrected chi connectivity index (χ1v) is 3.95. The number of esters is 1. The molecular formula is C10H10NO3. The lowest BCUT2D eigenvalue weighted by Gasteiger charge is -2.02. The third kappa shape index (κ3) is 2.32. The van der Waals surface area contributed by atoms with Crippen LogP contribution in [0.1, 0.15) is 5.56 Å². The highest BCUT2D eigenvalue weighted by molar-refractivity contribution is 6.43. The molecule has 4 heteroatoms. The van der Waals surface area contributed by atoms with Crippen molar-refractivity contribution in [1.29, 1.82) is 0 Å². The van der Waals surface area contributed by atoms with E-state index in [1.807, 2.05) is 0 Å². The number of carbonyl (C=O) groups is 1. The Balaban J connectivity index is 3.02. The van der Waals surface area contributed by atoms with E-state index in [1.165, 1.54) is 14.2 Å². The van der Waals surface area contributed by atoms with Gasteiger partial charge in [0, 0.05) is 5.56 Å². The van der Waals surface area contributed by atoms with Crippen LogP contribution < -0.4 is 0 Å². The molecule has 0 heterocycles. The Morgan fingerprint density at radius 3 is 2.50 bits per heavy atom. The molecule has 0 N–H and O–H groups in total. The number of nitrogens with zero attached hydrogens (tertiary/aromatic N) is 1. The molecular weight excluding hydrogens is 182 g/mol. The third-order valence-electron chi connectivity index (χ3n) is 1.55. The van der Waals surface area contributed by atoms with Crippen LogP contribution in [-0.2, 0) is 14.4 Å². The van der Waals surface area contributed by atoms with Gasteiger partial charge in [-0.25, -0.2) is 4.79 Å². The number of hydrogen-bond donors (Lipinski definition) is 0. The van der Waals surface area contributed by atoms with Crippen molar-refractivity contribution in [3.05, 3.63) is 35.9 Å². The molecule has 0 saturated carbocycles. The largest absolute Gasteiger partial charge is 0.464 e. The van der Waals surface area contributed by atoms with E-state index in [4.69, 9.17) is 0 Å². The molecule has 0 spiro atoms. The van der Waals surface area contributed by atoms with Crippen molar-refractivity contribution in [2.45, 2.75) is 0 Å². The van der Waals surface area contributed by atoms with E-state index in [0.29, 0.717) is 5.56 Å². The second-order valence-corrected chi connectivity index (χ2v) is 2.40. The first-order valence-electron chi connectivity index (χ1n) is 3.95. The molecule has 73 valence electrons. The summed E-state index contributed by atoms with van der Waals surface area (Å²) < 4.78 is 4.56. The van der Waals surface area contributed by atoms with Crippen molar-refractivity contribution in [2.24, 2.45) is 5.16 Å². The van der Waals surface area contributed by atoms with E-state index >= 15 is 0 Å². The van der Waals surface area contributed by atoms with Crippen LogP contribution in [0.15, 0.2) is 29.4 Å². The topological polar surface area (TPSA) is 47.9 Å². The number of rotatable bonds is 3. The fourth-order valence-corrected chi connectivity index (χ4v) is 0.941. The van der Waals surface area contributed by atoms with Gasteiger partial charge in [0.05, 0.1) is 7.11 Å². The zero-order valence-corrected chi connectivity index (χ0v) is 7.98. The Bertz CT molecular complexity index is 332. The van der Waals surface area contributed by atoms with Gasteiger partial charge in [0.25, 0.3) is 0 Å². The number of oxime groups is 1. The van der Waals surface area contributed by atoms with E-state index < -0.39 is 5.97 Å². The van der Waals surface area contributed by atoms with Crippen molar-refractivity contribution in [3.8, 4) is 0 Å². The monoisotopic (exact) mass is 192 g/mol. The molecule has 0 aromatic heterocycles. The Labute approximate surface area is 82.1 Å². The molecule has 0 saturated heterocycles. The average molecular weight is 192 g/mol. The van der Waals surface area contributed by atoms with Gasteiger partial charge in [0.15, 0.2) is 5.71 Å². The average Bonchev–Trinajstić information content (AvgIpc) is 2.26. The quantitative estimate of drug-likeness (QED) is 0.408. The van der Waals surface area contributed by atoms with Crippen molar-refractivity contribution >= 4 is 11.7 Å². The van der Waals surface area contributed by atoms with Gasteiger partial charge in [0.2, 0.25) is 0 Å². The summed E-state index contributed by atoms with van der Waals surface area (Å²) >= 11 is 0. The molecule has 0 fully saturated rings. The lowest BCUT2D eigenvalue weighted by Crippen LogP contribution is -2.17. The first kappa shape index (κ1) is 10.2. The van der Waals surface area contributed by atoms with Crippen LogP contribution in [0.3, 0.4) is 0 Å². The number of carbonyl (C=O) groups excluding carboxylic acids is 1. The number of hydrogen-bond acceptors (Lipinski definition) is 4. The van der Waals surface area contributed by atoms with E-state index in [0.717, 1.165) is 0 Å². The van der Waals surface area contributed by atoms with E-state index in [1.54, 1.807) is 24.3 Å². The molecule has 0 bridgehead atoms. The fraction of sp³-hybridized carbons (Fsp3) is 0.200. The van der Waals surface area contributed by atoms with Crippen molar-refractivity contribution in [2.75, 3.05) is 14.2 Å². The maximum Gasteiger partial charge on any atom is 0.360 e. The molecule has 0 amide bonds. The van der Waals surface area contributed by atoms with Crippen LogP contribution in [0, 0.1) is 6.07 Å². The smallest absolute Gasteiger partial charge is 0.360 e. The second-order valence-electron chi connectivity index (χ2n) is 2.40. The van der Waals surface area contributed by atoms with Gasteiger partial charge in [-0.05, 0) is 6.07 Å². The summed E-state index contributed by atoms with van der Waals surface area (Å²) in [5, 5.41) is 3.59. The van der Waals surface area contributed by atoms with Crippen LogP contribution in [-0.4, -0.2) is 25.9 Å². The lowest BCUT2D eigenvalue weighted by atomic mass is 10.1. The summed E-state index contributed by atoms with van der Waals surface area (Å²) in [5.74, 6) is -0.530. The third-order valence-corrected chi connectivity index (χ3v) is 1.55. The molecule has 14 heavy (non-hydrogen) atoms. The van der Waals surface area contributed by atoms with Gasteiger partial charge >= 0.3 is 5.97 Å². The Kier molecular flexibility index (Phi) is 3.67. The molecule has 0 atom stereocenters. The minimum Gasteiger partial charge on any atom is -0.464 e. The second kappa shape index (κ2) is 5.01. The van der Waals surface area contributed by atoms with Crippen LogP contribution in [0.2, 0.25) is 0 Å². The normalized spacial score (nSPS) is 10.9. The molecule has 4 nitrogen and oxygen atoms in total. The van der Waals surface area contributed by atoms with Crippen LogP contribution in [0.4, 0.5) is 0 Å². The minimum absolute atomic E-state index is 0.143. The SMILES string of the molecule is CO/N=C(/C(=O)OC)c1cc[c]cc1. The Hall–Kier alpha value is -1.84. The number of methoxy groups -OCH3 is 1. The van der Waals surface area contributed by atoms with Crippen LogP contribution in [0.5, 0.6) is 0 Å². The predicted octanol–water partition coefficient (Wildman–Crippen LogP) is 1.01. The van der Waals surface area contributed by atoms with Gasteiger partial charge in [-0.3, -0.25) is 0 Å². The van der Waals surface area contributed by atoms with Crippen LogP contribution in [0.25, 0.3) is 0 Å². The van der Waals surface area contributed by atoms with Gasteiger partial charge in [-0.1, -0.05) is 29.4 Å². The van der Waals surface area contributed by atoms with Crippen LogP contribution >= 0.6 is 0 Å². The highest BCUT2D eigenvalue weighted by Gasteiger charge is 2.14. The summed E-state index contributed by atoms with van der Waals surface area (Å²) in [5.41, 5.74) is 0.779. The maximum absolute atomic E-state index is 11.3. The maximum atomic E-state index is 11.3. The van der Waals surface area contributed by atoms with E-state index in [9.17, 15) is 4.79 Å². The van der Waals surface area contributed by atoms with Gasteiger partial charge in [0.1, 0.15) is 7.11 Å². The van der Waals surface area contributed by atoms with Crippen molar-refractivity contribution < 1.29 is 14.4 Å². The lowest BCUT2D eigenvalue weighted by molar-refractivity contribution is -0.132. The zero-order valence-electron chi connectivity index (χ0n) is 7.98. The van der Waals surface area contributed by atoms with Crippen molar-refractivity contribution in [1.82, 2.24) is 0 Å². The Morgan fingerprint density at radius 1 is 1.36 bits per heavy atom. The number of benzene rings is 1. The van der Waals surface area contributed by atoms with Gasteiger partial charge in [-0.15, -0.1) is 0 Å². The summed E-state index contributed by atoms with van der Waals surface area (Å²) in [6.07, 6.45) is 0. The standard InChI is InChI=1S/C10H10NO3/c1-13-10(12)9(11-14-2)8-6-4-3-5-7-8/h4-7H,1-2H3/b11-9+. The van der Waals surface area contributed by atoms with E-state index in [-0.39, 0.29) is 5.71 Å². The highest BCUT2D eigenvalue weighted by atomic mass is 16.6. The fourth-order valence-electron chi connectivity index (χ4n) is 0.941. The number of ether oxygens (including phenoxy) is 1. The molecule has 1 aromatic rings. The van der Waals surface area contributed by atoms with Crippen molar-refractivity contribution in [3.63, 3.8) is 0 Å². The van der Waals surface area contributed by atoms with Gasteiger partial charge < -0.3 is 9.57 Å². The molecule has 0 unspecified atom stereocenters. The Morgan fingerprint density at radius 2 is 2.00 bits per heavy atom. The molecule has 1 rings (SSSR count). The van der Waals surface area contributed by atoms with E-state index in [2.05, 4.69) is 20.8 Å². The summed E-state index contributed by atoms with van der Waals surface area (Å²) in [6.45, 7) is 0. The first-order chi connectivity index (χ1) is 6.79. The molecule has 1 radical (unpaired) electrons. The molecule has 1 aromatic carbocycles. The zero-order chi connectivity index (χ0) is 10.4. The molecule has 0 aliphatic carbocycles. The summed E-state index contributed by atoms with van der Waals surface area (Å²) in [6, 6.07) is 9.61. The summed E-state index contributed by atoms with van der Waals surface area (Å²) in [7, 11) is 2.67. The molecule has 0 aliphatic rings. The minimum atomic E-state index is -0.530. The molecule has 0 aliphatic heterocycles. The summed E-state index contributed by atoms with van der Waals surface area (Å²) in [4.78, 5) is 15.8.